The Hall–Kier alpha value is -1.22. The predicted molar refractivity (Wildman–Crippen MR) is 77.2 cm³/mol. The number of carbonyl (C=O) groups excluding carboxylic acids is 1. The molecule has 100 valence electrons. The van der Waals surface area contributed by atoms with Gasteiger partial charge < -0.3 is 10.2 Å². The molecule has 0 aromatic heterocycles. The van der Waals surface area contributed by atoms with Crippen molar-refractivity contribution in [3.63, 3.8) is 0 Å². The average molecular weight is 269 g/mol. The van der Waals surface area contributed by atoms with E-state index in [-0.39, 0.29) is 23.9 Å². The minimum absolute atomic E-state index is 0. The van der Waals surface area contributed by atoms with Gasteiger partial charge in [0.2, 0.25) is 5.91 Å². The molecule has 0 aliphatic carbocycles. The second-order valence-electron chi connectivity index (χ2n) is 5.18. The molecular weight excluding hydrogens is 248 g/mol. The molecule has 0 bridgehead atoms. The summed E-state index contributed by atoms with van der Waals surface area (Å²) in [6.07, 6.45) is 2.22. The quantitative estimate of drug-likeness (QED) is 0.914. The molecule has 0 spiro atoms. The Balaban J connectivity index is 0.00000162. The van der Waals surface area contributed by atoms with Crippen LogP contribution in [-0.4, -0.2) is 29.4 Å². The highest BCUT2D eigenvalue weighted by molar-refractivity contribution is 5.85. The lowest BCUT2D eigenvalue weighted by Crippen LogP contribution is -2.45. The molecular formula is C14H21ClN2O. The summed E-state index contributed by atoms with van der Waals surface area (Å²) in [6, 6.07) is 9.85. The zero-order valence-electron chi connectivity index (χ0n) is 11.0. The second kappa shape index (κ2) is 6.10. The fourth-order valence-corrected chi connectivity index (χ4v) is 2.40. The van der Waals surface area contributed by atoms with Crippen LogP contribution in [0.2, 0.25) is 0 Å². The van der Waals surface area contributed by atoms with Gasteiger partial charge in [-0.15, -0.1) is 12.4 Å². The number of carbonyl (C=O) groups is 1. The van der Waals surface area contributed by atoms with Gasteiger partial charge in [-0.2, -0.15) is 0 Å². The Morgan fingerprint density at radius 3 is 2.56 bits per heavy atom. The van der Waals surface area contributed by atoms with Crippen molar-refractivity contribution in [2.45, 2.75) is 32.2 Å². The van der Waals surface area contributed by atoms with E-state index >= 15 is 0 Å². The largest absolute Gasteiger partial charge is 0.376 e. The predicted octanol–water partition coefficient (Wildman–Crippen LogP) is 2.92. The minimum atomic E-state index is 0. The van der Waals surface area contributed by atoms with Gasteiger partial charge in [-0.1, -0.05) is 18.2 Å². The van der Waals surface area contributed by atoms with Crippen LogP contribution in [0, 0.1) is 0 Å². The van der Waals surface area contributed by atoms with E-state index in [0.717, 1.165) is 25.1 Å². The van der Waals surface area contributed by atoms with E-state index in [2.05, 4.69) is 19.2 Å². The Bertz CT molecular complexity index is 392. The number of nitrogens with zero attached hydrogens (tertiary/aromatic N) is 1. The SMILES string of the molecule is CC1(C)CCCN1C(=O)CNc1ccccc1.Cl. The highest BCUT2D eigenvalue weighted by atomic mass is 35.5. The van der Waals surface area contributed by atoms with Gasteiger partial charge in [0.1, 0.15) is 0 Å². The fourth-order valence-electron chi connectivity index (χ4n) is 2.40. The first-order chi connectivity index (χ1) is 8.09. The lowest BCUT2D eigenvalue weighted by molar-refractivity contribution is -0.132. The van der Waals surface area contributed by atoms with E-state index in [0.29, 0.717) is 6.54 Å². The standard InChI is InChI=1S/C14H20N2O.ClH/c1-14(2)9-6-10-16(14)13(17)11-15-12-7-4-3-5-8-12;/h3-5,7-8,15H,6,9-11H2,1-2H3;1H. The van der Waals surface area contributed by atoms with Gasteiger partial charge in [0.05, 0.1) is 6.54 Å². The number of benzene rings is 1. The second-order valence-corrected chi connectivity index (χ2v) is 5.18. The van der Waals surface area contributed by atoms with Crippen molar-refractivity contribution in [2.24, 2.45) is 0 Å². The summed E-state index contributed by atoms with van der Waals surface area (Å²) in [5.41, 5.74) is 1.02. The van der Waals surface area contributed by atoms with Crippen molar-refractivity contribution in [1.29, 1.82) is 0 Å². The van der Waals surface area contributed by atoms with Crippen LogP contribution >= 0.6 is 12.4 Å². The molecule has 0 unspecified atom stereocenters. The topological polar surface area (TPSA) is 32.3 Å². The molecule has 3 nitrogen and oxygen atoms in total. The highest BCUT2D eigenvalue weighted by Crippen LogP contribution is 2.28. The van der Waals surface area contributed by atoms with Crippen molar-refractivity contribution in [3.8, 4) is 0 Å². The molecule has 1 aromatic rings. The molecule has 1 amide bonds. The van der Waals surface area contributed by atoms with Crippen LogP contribution < -0.4 is 5.32 Å². The molecule has 0 atom stereocenters. The van der Waals surface area contributed by atoms with Gasteiger partial charge in [-0.05, 0) is 38.8 Å². The molecule has 1 aliphatic heterocycles. The Kier molecular flexibility index (Phi) is 5.03. The van der Waals surface area contributed by atoms with Crippen LogP contribution in [0.4, 0.5) is 5.69 Å². The maximum atomic E-state index is 12.1. The maximum absolute atomic E-state index is 12.1. The highest BCUT2D eigenvalue weighted by Gasteiger charge is 2.34. The minimum Gasteiger partial charge on any atom is -0.376 e. The molecule has 4 heteroatoms. The lowest BCUT2D eigenvalue weighted by Gasteiger charge is -2.31. The van der Waals surface area contributed by atoms with Crippen molar-refractivity contribution >= 4 is 24.0 Å². The molecule has 0 radical (unpaired) electrons. The number of hydrogen-bond donors (Lipinski definition) is 1. The normalized spacial score (nSPS) is 17.1. The van der Waals surface area contributed by atoms with Crippen molar-refractivity contribution in [2.75, 3.05) is 18.4 Å². The first-order valence-electron chi connectivity index (χ1n) is 6.19. The van der Waals surface area contributed by atoms with Crippen LogP contribution in [0.15, 0.2) is 30.3 Å². The van der Waals surface area contributed by atoms with Crippen LogP contribution in [0.1, 0.15) is 26.7 Å². The van der Waals surface area contributed by atoms with Crippen molar-refractivity contribution < 1.29 is 4.79 Å². The van der Waals surface area contributed by atoms with Gasteiger partial charge >= 0.3 is 0 Å². The van der Waals surface area contributed by atoms with E-state index in [1.807, 2.05) is 35.2 Å². The maximum Gasteiger partial charge on any atom is 0.242 e. The molecule has 1 saturated heterocycles. The molecule has 1 N–H and O–H groups in total. The number of hydrogen-bond acceptors (Lipinski definition) is 2. The number of anilines is 1. The summed E-state index contributed by atoms with van der Waals surface area (Å²) < 4.78 is 0. The summed E-state index contributed by atoms with van der Waals surface area (Å²) >= 11 is 0. The summed E-state index contributed by atoms with van der Waals surface area (Å²) in [6.45, 7) is 5.55. The van der Waals surface area contributed by atoms with E-state index in [4.69, 9.17) is 0 Å². The lowest BCUT2D eigenvalue weighted by atomic mass is 10.0. The number of halogens is 1. The monoisotopic (exact) mass is 268 g/mol. The smallest absolute Gasteiger partial charge is 0.242 e. The van der Waals surface area contributed by atoms with Gasteiger partial charge in [0.25, 0.3) is 0 Å². The van der Waals surface area contributed by atoms with Crippen LogP contribution in [0.3, 0.4) is 0 Å². The molecule has 1 aliphatic rings. The molecule has 2 rings (SSSR count). The Morgan fingerprint density at radius 1 is 1.33 bits per heavy atom. The molecule has 0 saturated carbocycles. The zero-order chi connectivity index (χ0) is 12.3. The summed E-state index contributed by atoms with van der Waals surface area (Å²) in [5, 5.41) is 3.17. The van der Waals surface area contributed by atoms with E-state index in [1.54, 1.807) is 0 Å². The van der Waals surface area contributed by atoms with Crippen LogP contribution in [0.25, 0.3) is 0 Å². The van der Waals surface area contributed by atoms with E-state index < -0.39 is 0 Å². The summed E-state index contributed by atoms with van der Waals surface area (Å²) in [5.74, 6) is 0.191. The number of nitrogens with one attached hydrogen (secondary N) is 1. The Labute approximate surface area is 115 Å². The zero-order valence-corrected chi connectivity index (χ0v) is 11.8. The third-order valence-corrected chi connectivity index (χ3v) is 3.42. The third kappa shape index (κ3) is 3.39. The molecule has 18 heavy (non-hydrogen) atoms. The number of amides is 1. The van der Waals surface area contributed by atoms with E-state index in [9.17, 15) is 4.79 Å². The first-order valence-corrected chi connectivity index (χ1v) is 6.19. The van der Waals surface area contributed by atoms with E-state index in [1.165, 1.54) is 0 Å². The van der Waals surface area contributed by atoms with Gasteiger partial charge in [-0.25, -0.2) is 0 Å². The number of para-hydroxylation sites is 1. The summed E-state index contributed by atoms with van der Waals surface area (Å²) in [7, 11) is 0. The number of rotatable bonds is 3. The van der Waals surface area contributed by atoms with Crippen molar-refractivity contribution in [3.05, 3.63) is 30.3 Å². The van der Waals surface area contributed by atoms with Crippen LogP contribution in [-0.2, 0) is 4.79 Å². The Morgan fingerprint density at radius 2 is 2.00 bits per heavy atom. The molecule has 1 aromatic carbocycles. The first kappa shape index (κ1) is 14.8. The van der Waals surface area contributed by atoms with Crippen LogP contribution in [0.5, 0.6) is 0 Å². The summed E-state index contributed by atoms with van der Waals surface area (Å²) in [4.78, 5) is 14.1. The molecule has 1 fully saturated rings. The van der Waals surface area contributed by atoms with Gasteiger partial charge in [0.15, 0.2) is 0 Å². The van der Waals surface area contributed by atoms with Gasteiger partial charge in [0, 0.05) is 17.8 Å². The van der Waals surface area contributed by atoms with Gasteiger partial charge in [-0.3, -0.25) is 4.79 Å². The fraction of sp³-hybridized carbons (Fsp3) is 0.500. The van der Waals surface area contributed by atoms with Crippen molar-refractivity contribution in [1.82, 2.24) is 4.90 Å². The average Bonchev–Trinajstić information content (AvgIpc) is 2.67. The third-order valence-electron chi connectivity index (χ3n) is 3.42. The number of likely N-dealkylation sites (tertiary alicyclic amines) is 1. The molecule has 1 heterocycles.